The van der Waals surface area contributed by atoms with Gasteiger partial charge >= 0.3 is 5.97 Å². The van der Waals surface area contributed by atoms with E-state index in [1.54, 1.807) is 0 Å². The second-order valence-corrected chi connectivity index (χ2v) is 3.34. The molecule has 0 saturated carbocycles. The number of carbonyl (C=O) groups excluding carboxylic acids is 1. The summed E-state index contributed by atoms with van der Waals surface area (Å²) in [4.78, 5) is 10.5. The van der Waals surface area contributed by atoms with Crippen molar-refractivity contribution in [3.05, 3.63) is 0 Å². The molecule has 15 heavy (non-hydrogen) atoms. The maximum Gasteiger partial charge on any atom is 0.302 e. The lowest BCUT2D eigenvalue weighted by molar-refractivity contribution is -0.287. The first-order chi connectivity index (χ1) is 6.93. The molecule has 7 heteroatoms. The van der Waals surface area contributed by atoms with Crippen molar-refractivity contribution in [2.24, 2.45) is 0 Å². The minimum Gasteiger partial charge on any atom is -0.463 e. The predicted molar refractivity (Wildman–Crippen MR) is 45.5 cm³/mol. The highest BCUT2D eigenvalue weighted by Crippen LogP contribution is 2.19. The summed E-state index contributed by atoms with van der Waals surface area (Å²) in [6.07, 6.45) is -7.18. The summed E-state index contributed by atoms with van der Waals surface area (Å²) in [5.41, 5.74) is 0. The van der Waals surface area contributed by atoms with E-state index in [1.165, 1.54) is 6.92 Å². The van der Waals surface area contributed by atoms with Crippen LogP contribution in [-0.4, -0.2) is 63.7 Å². The van der Waals surface area contributed by atoms with Gasteiger partial charge in [-0.15, -0.1) is 0 Å². The van der Waals surface area contributed by atoms with Crippen LogP contribution in [0.15, 0.2) is 0 Å². The van der Waals surface area contributed by atoms with Crippen LogP contribution in [0, 0.1) is 0 Å². The Labute approximate surface area is 85.9 Å². The number of esters is 1. The molecule has 1 aliphatic heterocycles. The van der Waals surface area contributed by atoms with E-state index in [4.69, 9.17) is 14.9 Å². The molecule has 0 aliphatic carbocycles. The van der Waals surface area contributed by atoms with Gasteiger partial charge in [-0.2, -0.15) is 0 Å². The summed E-state index contributed by atoms with van der Waals surface area (Å²) < 4.78 is 9.31. The van der Waals surface area contributed by atoms with Crippen LogP contribution in [-0.2, 0) is 14.3 Å². The third-order valence-electron chi connectivity index (χ3n) is 2.14. The SMILES string of the molecule is CC(=O)OCC1OC(O)[C@H](O)[C@@H](O)[C@H]1O. The van der Waals surface area contributed by atoms with E-state index in [2.05, 4.69) is 4.74 Å². The monoisotopic (exact) mass is 222 g/mol. The summed E-state index contributed by atoms with van der Waals surface area (Å²) in [6.45, 7) is 0.883. The molecule has 0 radical (unpaired) electrons. The van der Waals surface area contributed by atoms with Crippen LogP contribution in [0.3, 0.4) is 0 Å². The Morgan fingerprint density at radius 1 is 1.20 bits per heavy atom. The molecular formula is C8H14O7. The third-order valence-corrected chi connectivity index (χ3v) is 2.14. The van der Waals surface area contributed by atoms with Gasteiger partial charge in [0.2, 0.25) is 0 Å². The first-order valence-corrected chi connectivity index (χ1v) is 4.44. The summed E-state index contributed by atoms with van der Waals surface area (Å²) in [6, 6.07) is 0. The normalized spacial score (nSPS) is 41.3. The van der Waals surface area contributed by atoms with Crippen LogP contribution in [0.2, 0.25) is 0 Å². The molecule has 1 aliphatic rings. The summed E-state index contributed by atoms with van der Waals surface area (Å²) >= 11 is 0. The largest absolute Gasteiger partial charge is 0.463 e. The van der Waals surface area contributed by atoms with Crippen LogP contribution < -0.4 is 0 Å². The van der Waals surface area contributed by atoms with E-state index in [1.807, 2.05) is 0 Å². The van der Waals surface area contributed by atoms with Gasteiger partial charge in [-0.1, -0.05) is 0 Å². The van der Waals surface area contributed by atoms with Crippen LogP contribution in [0.4, 0.5) is 0 Å². The van der Waals surface area contributed by atoms with E-state index in [9.17, 15) is 15.0 Å². The molecule has 0 aromatic heterocycles. The molecule has 1 saturated heterocycles. The number of aliphatic hydroxyl groups excluding tert-OH is 4. The molecule has 1 fully saturated rings. The van der Waals surface area contributed by atoms with Crippen molar-refractivity contribution in [3.8, 4) is 0 Å². The van der Waals surface area contributed by atoms with Crippen molar-refractivity contribution in [2.45, 2.75) is 37.6 Å². The van der Waals surface area contributed by atoms with Gasteiger partial charge in [-0.25, -0.2) is 0 Å². The highest BCUT2D eigenvalue weighted by atomic mass is 16.6. The van der Waals surface area contributed by atoms with Crippen molar-refractivity contribution in [3.63, 3.8) is 0 Å². The molecule has 0 aromatic rings. The molecular weight excluding hydrogens is 208 g/mol. The summed E-state index contributed by atoms with van der Waals surface area (Å²) in [5.74, 6) is -0.569. The lowest BCUT2D eigenvalue weighted by atomic mass is 9.99. The average molecular weight is 222 g/mol. The van der Waals surface area contributed by atoms with Crippen molar-refractivity contribution in [1.29, 1.82) is 0 Å². The van der Waals surface area contributed by atoms with Crippen LogP contribution in [0.5, 0.6) is 0 Å². The molecule has 0 amide bonds. The molecule has 5 atom stereocenters. The highest BCUT2D eigenvalue weighted by Gasteiger charge is 2.43. The lowest BCUT2D eigenvalue weighted by Crippen LogP contribution is -2.58. The van der Waals surface area contributed by atoms with Crippen LogP contribution >= 0.6 is 0 Å². The fourth-order valence-corrected chi connectivity index (χ4v) is 1.27. The number of hydrogen-bond donors (Lipinski definition) is 4. The molecule has 0 aromatic carbocycles. The van der Waals surface area contributed by atoms with Gasteiger partial charge in [0.1, 0.15) is 31.0 Å². The fourth-order valence-electron chi connectivity index (χ4n) is 1.27. The first kappa shape index (κ1) is 12.3. The molecule has 88 valence electrons. The fraction of sp³-hybridized carbons (Fsp3) is 0.875. The zero-order valence-electron chi connectivity index (χ0n) is 8.11. The van der Waals surface area contributed by atoms with E-state index < -0.39 is 36.7 Å². The Kier molecular flexibility index (Phi) is 4.00. The molecule has 2 unspecified atom stereocenters. The average Bonchev–Trinajstić information content (AvgIpc) is 2.18. The van der Waals surface area contributed by atoms with Gasteiger partial charge in [0.25, 0.3) is 0 Å². The van der Waals surface area contributed by atoms with Gasteiger partial charge < -0.3 is 29.9 Å². The minimum absolute atomic E-state index is 0.294. The van der Waals surface area contributed by atoms with E-state index in [0.717, 1.165) is 0 Å². The maximum atomic E-state index is 10.5. The number of aliphatic hydroxyl groups is 4. The number of ether oxygens (including phenoxy) is 2. The van der Waals surface area contributed by atoms with Crippen LogP contribution in [0.1, 0.15) is 6.92 Å². The predicted octanol–water partition coefficient (Wildman–Crippen LogP) is -2.65. The lowest BCUT2D eigenvalue weighted by Gasteiger charge is -2.37. The highest BCUT2D eigenvalue weighted by molar-refractivity contribution is 5.65. The summed E-state index contributed by atoms with van der Waals surface area (Å²) in [5, 5.41) is 36.9. The minimum atomic E-state index is -1.61. The van der Waals surface area contributed by atoms with Gasteiger partial charge in [-0.05, 0) is 0 Å². The van der Waals surface area contributed by atoms with Crippen LogP contribution in [0.25, 0.3) is 0 Å². The van der Waals surface area contributed by atoms with Crippen molar-refractivity contribution in [1.82, 2.24) is 0 Å². The van der Waals surface area contributed by atoms with Gasteiger partial charge in [0.05, 0.1) is 0 Å². The Bertz CT molecular complexity index is 231. The Morgan fingerprint density at radius 2 is 1.80 bits per heavy atom. The first-order valence-electron chi connectivity index (χ1n) is 4.44. The number of carbonyl (C=O) groups is 1. The molecule has 7 nitrogen and oxygen atoms in total. The summed E-state index contributed by atoms with van der Waals surface area (Å²) in [7, 11) is 0. The molecule has 1 rings (SSSR count). The number of hydrogen-bond acceptors (Lipinski definition) is 7. The zero-order chi connectivity index (χ0) is 11.6. The molecule has 1 heterocycles. The Hall–Kier alpha value is -0.730. The van der Waals surface area contributed by atoms with E-state index >= 15 is 0 Å². The third kappa shape index (κ3) is 2.86. The maximum absolute atomic E-state index is 10.5. The second-order valence-electron chi connectivity index (χ2n) is 3.34. The van der Waals surface area contributed by atoms with Gasteiger partial charge in [-0.3, -0.25) is 4.79 Å². The Morgan fingerprint density at radius 3 is 2.33 bits per heavy atom. The van der Waals surface area contributed by atoms with Gasteiger partial charge in [0.15, 0.2) is 6.29 Å². The standard InChI is InChI=1S/C8H14O7/c1-3(9)14-2-4-5(10)6(11)7(12)8(13)15-4/h4-8,10-13H,2H2,1H3/t4?,5-,6-,7+,8?/m0/s1. The van der Waals surface area contributed by atoms with Crippen molar-refractivity contribution in [2.75, 3.05) is 6.61 Å². The number of rotatable bonds is 2. The molecule has 0 bridgehead atoms. The Balaban J connectivity index is 2.54. The van der Waals surface area contributed by atoms with Crippen molar-refractivity contribution >= 4 is 5.97 Å². The quantitative estimate of drug-likeness (QED) is 0.377. The second kappa shape index (κ2) is 4.86. The molecule has 0 spiro atoms. The zero-order valence-corrected chi connectivity index (χ0v) is 8.11. The van der Waals surface area contributed by atoms with E-state index in [-0.39, 0.29) is 6.61 Å². The van der Waals surface area contributed by atoms with Gasteiger partial charge in [0, 0.05) is 6.92 Å². The van der Waals surface area contributed by atoms with E-state index in [0.29, 0.717) is 0 Å². The topological polar surface area (TPSA) is 116 Å². The smallest absolute Gasteiger partial charge is 0.302 e. The molecule has 4 N–H and O–H groups in total. The van der Waals surface area contributed by atoms with Crippen molar-refractivity contribution < 1.29 is 34.7 Å².